The lowest BCUT2D eigenvalue weighted by Gasteiger charge is -2.22. The van der Waals surface area contributed by atoms with Gasteiger partial charge in [-0.2, -0.15) is 0 Å². The highest BCUT2D eigenvalue weighted by Crippen LogP contribution is 2.36. The summed E-state index contributed by atoms with van der Waals surface area (Å²) in [6, 6.07) is 7.38. The van der Waals surface area contributed by atoms with Crippen molar-refractivity contribution in [2.45, 2.75) is 32.6 Å². The maximum absolute atomic E-state index is 13.2. The molecule has 0 unspecified atom stereocenters. The fraction of sp³-hybridized carbons (Fsp3) is 0.381. The van der Waals surface area contributed by atoms with E-state index >= 15 is 0 Å². The summed E-state index contributed by atoms with van der Waals surface area (Å²) in [5, 5.41) is 3.88. The smallest absolute Gasteiger partial charge is 0.257 e. The van der Waals surface area contributed by atoms with Gasteiger partial charge in [0.25, 0.3) is 5.91 Å². The van der Waals surface area contributed by atoms with Crippen molar-refractivity contribution in [2.75, 3.05) is 30.4 Å². The predicted octanol–water partition coefficient (Wildman–Crippen LogP) is 4.64. The maximum atomic E-state index is 13.2. The molecule has 0 bridgehead atoms. The number of hydrogen-bond donors (Lipinski definition) is 1. The van der Waals surface area contributed by atoms with Crippen molar-refractivity contribution >= 4 is 39.0 Å². The fourth-order valence-electron chi connectivity index (χ4n) is 3.72. The Balaban J connectivity index is 1.73. The van der Waals surface area contributed by atoms with Crippen molar-refractivity contribution in [3.63, 3.8) is 0 Å². The molecule has 1 fully saturated rings. The van der Waals surface area contributed by atoms with Crippen molar-refractivity contribution in [1.82, 2.24) is 9.97 Å². The third-order valence-electron chi connectivity index (χ3n) is 5.10. The summed E-state index contributed by atoms with van der Waals surface area (Å²) in [5.41, 5.74) is 1.37. The van der Waals surface area contributed by atoms with Gasteiger partial charge in [-0.05, 0) is 31.9 Å². The zero-order chi connectivity index (χ0) is 19.5. The number of nitrogens with zero attached hydrogens (tertiary/aromatic N) is 3. The van der Waals surface area contributed by atoms with E-state index in [4.69, 9.17) is 4.74 Å². The van der Waals surface area contributed by atoms with Crippen LogP contribution in [0.15, 0.2) is 30.6 Å². The second-order valence-corrected chi connectivity index (χ2v) is 8.20. The number of thiophene rings is 1. The van der Waals surface area contributed by atoms with Gasteiger partial charge in [0.05, 0.1) is 18.1 Å². The highest BCUT2D eigenvalue weighted by atomic mass is 32.1. The summed E-state index contributed by atoms with van der Waals surface area (Å²) in [4.78, 5) is 26.3. The lowest BCUT2D eigenvalue weighted by molar-refractivity contribution is 0.102. The van der Waals surface area contributed by atoms with E-state index in [1.54, 1.807) is 24.8 Å². The molecule has 0 saturated carbocycles. The molecule has 4 rings (SSSR count). The molecular formula is C21H24N4O2S. The van der Waals surface area contributed by atoms with Crippen LogP contribution in [-0.2, 0) is 0 Å². The summed E-state index contributed by atoms with van der Waals surface area (Å²) < 4.78 is 5.26. The third kappa shape index (κ3) is 3.67. The third-order valence-corrected chi connectivity index (χ3v) is 6.12. The van der Waals surface area contributed by atoms with E-state index in [0.717, 1.165) is 46.8 Å². The second-order valence-electron chi connectivity index (χ2n) is 7.00. The van der Waals surface area contributed by atoms with E-state index < -0.39 is 0 Å². The quantitative estimate of drug-likeness (QED) is 0.696. The zero-order valence-corrected chi connectivity index (χ0v) is 17.0. The van der Waals surface area contributed by atoms with Crippen LogP contribution in [0, 0.1) is 6.92 Å². The van der Waals surface area contributed by atoms with Gasteiger partial charge in [-0.1, -0.05) is 18.9 Å². The first kappa shape index (κ1) is 18.7. The number of amides is 1. The van der Waals surface area contributed by atoms with Crippen LogP contribution in [-0.4, -0.2) is 36.1 Å². The average molecular weight is 397 g/mol. The number of carbonyl (C=O) groups is 1. The lowest BCUT2D eigenvalue weighted by Crippen LogP contribution is -2.25. The Labute approximate surface area is 168 Å². The predicted molar refractivity (Wildman–Crippen MR) is 114 cm³/mol. The van der Waals surface area contributed by atoms with Crippen LogP contribution in [0.4, 0.5) is 11.5 Å². The standard InChI is InChI=1S/C21H24N4O2S/c1-14-17(20(26)24-15-8-7-9-16(12-15)27-2)18-19(22-13-23-21(18)28-14)25-10-5-3-4-6-11-25/h7-9,12-13H,3-6,10-11H2,1-2H3,(H,24,26). The van der Waals surface area contributed by atoms with Crippen LogP contribution < -0.4 is 15.0 Å². The van der Waals surface area contributed by atoms with Gasteiger partial charge in [-0.3, -0.25) is 4.79 Å². The number of aromatic nitrogens is 2. The van der Waals surface area contributed by atoms with Crippen LogP contribution in [0.3, 0.4) is 0 Å². The Bertz CT molecular complexity index is 993. The number of nitrogens with one attached hydrogen (secondary N) is 1. The van der Waals surface area contributed by atoms with E-state index in [0.29, 0.717) is 17.0 Å². The minimum absolute atomic E-state index is 0.136. The summed E-state index contributed by atoms with van der Waals surface area (Å²) in [6.45, 7) is 3.91. The van der Waals surface area contributed by atoms with Crippen molar-refractivity contribution in [3.05, 3.63) is 41.0 Å². The van der Waals surface area contributed by atoms with Crippen LogP contribution in [0.1, 0.15) is 40.9 Å². The Morgan fingerprint density at radius 1 is 1.18 bits per heavy atom. The topological polar surface area (TPSA) is 67.3 Å². The molecule has 1 aliphatic rings. The Morgan fingerprint density at radius 2 is 1.96 bits per heavy atom. The first-order valence-corrected chi connectivity index (χ1v) is 10.4. The summed E-state index contributed by atoms with van der Waals surface area (Å²) in [5.74, 6) is 1.45. The summed E-state index contributed by atoms with van der Waals surface area (Å²) >= 11 is 1.55. The molecule has 1 amide bonds. The average Bonchev–Trinajstić information content (AvgIpc) is 2.86. The second kappa shape index (κ2) is 8.14. The van der Waals surface area contributed by atoms with Crippen LogP contribution in [0.25, 0.3) is 10.2 Å². The molecular weight excluding hydrogens is 372 g/mol. The molecule has 6 nitrogen and oxygen atoms in total. The summed E-state index contributed by atoms with van der Waals surface area (Å²) in [6.07, 6.45) is 6.41. The molecule has 0 atom stereocenters. The van der Waals surface area contributed by atoms with Gasteiger partial charge in [0.2, 0.25) is 0 Å². The molecule has 0 radical (unpaired) electrons. The van der Waals surface area contributed by atoms with Gasteiger partial charge in [0.1, 0.15) is 22.7 Å². The fourth-order valence-corrected chi connectivity index (χ4v) is 4.70. The Kier molecular flexibility index (Phi) is 5.43. The number of benzene rings is 1. The number of fused-ring (bicyclic) bond motifs is 1. The molecule has 3 aromatic rings. The van der Waals surface area contributed by atoms with E-state index in [1.165, 1.54) is 12.8 Å². The van der Waals surface area contributed by atoms with Gasteiger partial charge in [-0.15, -0.1) is 11.3 Å². The Hall–Kier alpha value is -2.67. The molecule has 1 aliphatic heterocycles. The summed E-state index contributed by atoms with van der Waals surface area (Å²) in [7, 11) is 1.61. The molecule has 0 spiro atoms. The van der Waals surface area contributed by atoms with Crippen LogP contribution >= 0.6 is 11.3 Å². The van der Waals surface area contributed by atoms with Crippen molar-refractivity contribution in [1.29, 1.82) is 0 Å². The van der Waals surface area contributed by atoms with E-state index in [2.05, 4.69) is 20.2 Å². The number of aryl methyl sites for hydroxylation is 1. The van der Waals surface area contributed by atoms with E-state index in [1.807, 2.05) is 31.2 Å². The molecule has 1 aromatic carbocycles. The number of anilines is 2. The molecule has 1 saturated heterocycles. The van der Waals surface area contributed by atoms with E-state index in [-0.39, 0.29) is 5.91 Å². The van der Waals surface area contributed by atoms with Crippen molar-refractivity contribution < 1.29 is 9.53 Å². The number of rotatable bonds is 4. The highest BCUT2D eigenvalue weighted by Gasteiger charge is 2.24. The zero-order valence-electron chi connectivity index (χ0n) is 16.2. The normalized spacial score (nSPS) is 14.7. The van der Waals surface area contributed by atoms with E-state index in [9.17, 15) is 4.79 Å². The minimum Gasteiger partial charge on any atom is -0.497 e. The van der Waals surface area contributed by atoms with Gasteiger partial charge < -0.3 is 15.0 Å². The Morgan fingerprint density at radius 3 is 2.71 bits per heavy atom. The van der Waals surface area contributed by atoms with Crippen LogP contribution in [0.2, 0.25) is 0 Å². The molecule has 3 heterocycles. The molecule has 146 valence electrons. The van der Waals surface area contributed by atoms with Gasteiger partial charge in [0.15, 0.2) is 0 Å². The number of methoxy groups -OCH3 is 1. The van der Waals surface area contributed by atoms with Gasteiger partial charge >= 0.3 is 0 Å². The molecule has 0 aliphatic carbocycles. The number of hydrogen-bond acceptors (Lipinski definition) is 6. The largest absolute Gasteiger partial charge is 0.497 e. The maximum Gasteiger partial charge on any atom is 0.257 e. The van der Waals surface area contributed by atoms with Crippen molar-refractivity contribution in [2.24, 2.45) is 0 Å². The van der Waals surface area contributed by atoms with Gasteiger partial charge in [-0.25, -0.2) is 9.97 Å². The molecule has 2 aromatic heterocycles. The number of ether oxygens (including phenoxy) is 1. The van der Waals surface area contributed by atoms with Crippen molar-refractivity contribution in [3.8, 4) is 5.75 Å². The minimum atomic E-state index is -0.136. The lowest BCUT2D eigenvalue weighted by atomic mass is 10.1. The van der Waals surface area contributed by atoms with Crippen LogP contribution in [0.5, 0.6) is 5.75 Å². The first-order chi connectivity index (χ1) is 13.7. The first-order valence-electron chi connectivity index (χ1n) is 9.62. The molecule has 28 heavy (non-hydrogen) atoms. The monoisotopic (exact) mass is 396 g/mol. The molecule has 1 N–H and O–H groups in total. The highest BCUT2D eigenvalue weighted by molar-refractivity contribution is 7.19. The van der Waals surface area contributed by atoms with Gasteiger partial charge in [0, 0.05) is 29.7 Å². The SMILES string of the molecule is COc1cccc(NC(=O)c2c(C)sc3ncnc(N4CCCCCC4)c23)c1. The molecule has 7 heteroatoms. The number of carbonyl (C=O) groups excluding carboxylic acids is 1.